The number of esters is 1. The van der Waals surface area contributed by atoms with Gasteiger partial charge in [-0.05, 0) is 17.7 Å². The van der Waals surface area contributed by atoms with Crippen LogP contribution in [0.3, 0.4) is 0 Å². The molecule has 1 aromatic carbocycles. The Bertz CT molecular complexity index is 617. The van der Waals surface area contributed by atoms with E-state index in [1.807, 2.05) is 0 Å². The topological polar surface area (TPSA) is 99.4 Å². The van der Waals surface area contributed by atoms with Crippen LogP contribution in [0.25, 0.3) is 11.0 Å². The van der Waals surface area contributed by atoms with E-state index >= 15 is 0 Å². The molecular formula is C11H14N4O4+2. The van der Waals surface area contributed by atoms with E-state index in [1.165, 1.54) is 0 Å². The van der Waals surface area contributed by atoms with Crippen molar-refractivity contribution in [1.82, 2.24) is 5.10 Å². The van der Waals surface area contributed by atoms with E-state index in [0.717, 1.165) is 4.73 Å². The SMILES string of the molecule is CCOC(=O)CNc1n[n+](O)c2ccccc2[n+]1O. The Morgan fingerprint density at radius 2 is 2.05 bits per heavy atom. The van der Waals surface area contributed by atoms with Gasteiger partial charge in [0, 0.05) is 6.07 Å². The van der Waals surface area contributed by atoms with Gasteiger partial charge < -0.3 is 9.94 Å². The molecule has 1 heterocycles. The zero-order valence-electron chi connectivity index (χ0n) is 10.3. The van der Waals surface area contributed by atoms with Crippen molar-refractivity contribution in [2.45, 2.75) is 6.92 Å². The number of rotatable bonds is 4. The molecule has 19 heavy (non-hydrogen) atoms. The van der Waals surface area contributed by atoms with Crippen LogP contribution < -0.4 is 14.9 Å². The number of para-hydroxylation sites is 2. The second-order valence-corrected chi connectivity index (χ2v) is 3.67. The largest absolute Gasteiger partial charge is 0.501 e. The molecule has 0 radical (unpaired) electrons. The molecule has 8 nitrogen and oxygen atoms in total. The summed E-state index contributed by atoms with van der Waals surface area (Å²) in [5.74, 6) is -0.559. The minimum atomic E-state index is -0.484. The summed E-state index contributed by atoms with van der Waals surface area (Å²) >= 11 is 0. The summed E-state index contributed by atoms with van der Waals surface area (Å²) < 4.78 is 5.48. The maximum absolute atomic E-state index is 11.2. The lowest BCUT2D eigenvalue weighted by atomic mass is 10.3. The molecular weight excluding hydrogens is 252 g/mol. The van der Waals surface area contributed by atoms with Gasteiger partial charge in [0.15, 0.2) is 6.54 Å². The smallest absolute Gasteiger partial charge is 0.464 e. The van der Waals surface area contributed by atoms with Crippen molar-refractivity contribution in [2.75, 3.05) is 18.5 Å². The average molecular weight is 266 g/mol. The predicted octanol–water partition coefficient (Wildman–Crippen LogP) is -0.741. The molecule has 3 N–H and O–H groups in total. The number of hydrogen-bond acceptors (Lipinski definition) is 6. The molecule has 0 saturated heterocycles. The molecule has 0 fully saturated rings. The van der Waals surface area contributed by atoms with Crippen molar-refractivity contribution in [1.29, 1.82) is 0 Å². The van der Waals surface area contributed by atoms with Gasteiger partial charge in [-0.2, -0.15) is 0 Å². The van der Waals surface area contributed by atoms with E-state index in [1.54, 1.807) is 31.2 Å². The van der Waals surface area contributed by atoms with E-state index in [2.05, 4.69) is 10.4 Å². The Morgan fingerprint density at radius 3 is 2.74 bits per heavy atom. The number of nitrogens with zero attached hydrogens (tertiary/aromatic N) is 3. The van der Waals surface area contributed by atoms with Crippen LogP contribution in [0, 0.1) is 0 Å². The minimum absolute atomic E-state index is 0.0748. The van der Waals surface area contributed by atoms with E-state index < -0.39 is 5.97 Å². The van der Waals surface area contributed by atoms with Crippen LogP contribution in [0.4, 0.5) is 5.95 Å². The number of fused-ring (bicyclic) bond motifs is 1. The van der Waals surface area contributed by atoms with Gasteiger partial charge in [-0.25, -0.2) is 10.0 Å². The Hall–Kier alpha value is -2.64. The number of carbonyl (C=O) groups is 1. The molecule has 8 heteroatoms. The Morgan fingerprint density at radius 1 is 1.37 bits per heavy atom. The van der Waals surface area contributed by atoms with Gasteiger partial charge in [-0.15, -0.1) is 0 Å². The molecule has 0 bridgehead atoms. The van der Waals surface area contributed by atoms with E-state index in [9.17, 15) is 15.2 Å². The lowest BCUT2D eigenvalue weighted by Gasteiger charge is -2.00. The second-order valence-electron chi connectivity index (χ2n) is 3.67. The number of anilines is 1. The maximum Gasteiger partial charge on any atom is 0.501 e. The standard InChI is InChI=1S/C11H13N4O4/c1-2-19-10(16)7-12-11-13-15(18)9-6-4-3-5-8(9)14(11)17/h3-6,17H,2,7H2,1H3,(H,12,13,18)/q+1/p+1. The fourth-order valence-electron chi connectivity index (χ4n) is 1.59. The third kappa shape index (κ3) is 2.62. The summed E-state index contributed by atoms with van der Waals surface area (Å²) in [4.78, 5) is 11.8. The zero-order valence-corrected chi connectivity index (χ0v) is 10.3. The van der Waals surface area contributed by atoms with Crippen LogP contribution in [0.1, 0.15) is 6.92 Å². The fourth-order valence-corrected chi connectivity index (χ4v) is 1.59. The van der Waals surface area contributed by atoms with Crippen LogP contribution in [-0.4, -0.2) is 34.6 Å². The van der Waals surface area contributed by atoms with Crippen molar-refractivity contribution >= 4 is 23.0 Å². The molecule has 100 valence electrons. The molecule has 0 saturated carbocycles. The minimum Gasteiger partial charge on any atom is -0.464 e. The monoisotopic (exact) mass is 266 g/mol. The third-order valence-corrected chi connectivity index (χ3v) is 2.41. The molecule has 0 aliphatic rings. The fraction of sp³-hybridized carbons (Fsp3) is 0.273. The highest BCUT2D eigenvalue weighted by Crippen LogP contribution is 2.04. The van der Waals surface area contributed by atoms with Gasteiger partial charge in [0.2, 0.25) is 10.4 Å². The molecule has 1 aromatic heterocycles. The lowest BCUT2D eigenvalue weighted by molar-refractivity contribution is -0.950. The number of hydrogen-bond donors (Lipinski definition) is 3. The number of ether oxygens (including phenoxy) is 1. The third-order valence-electron chi connectivity index (χ3n) is 2.41. The van der Waals surface area contributed by atoms with Crippen LogP contribution in [0.2, 0.25) is 0 Å². The van der Waals surface area contributed by atoms with Crippen LogP contribution in [0.15, 0.2) is 24.3 Å². The van der Waals surface area contributed by atoms with Gasteiger partial charge in [0.05, 0.1) is 6.61 Å². The normalized spacial score (nSPS) is 10.4. The molecule has 2 aromatic rings. The van der Waals surface area contributed by atoms with E-state index in [4.69, 9.17) is 4.74 Å². The summed E-state index contributed by atoms with van der Waals surface area (Å²) in [5.41, 5.74) is 0.665. The number of aromatic nitrogens is 3. The zero-order chi connectivity index (χ0) is 13.8. The van der Waals surface area contributed by atoms with Crippen LogP contribution in [0.5, 0.6) is 0 Å². The second kappa shape index (κ2) is 5.34. The molecule has 0 unspecified atom stereocenters. The van der Waals surface area contributed by atoms with Gasteiger partial charge in [-0.3, -0.25) is 5.32 Å². The van der Waals surface area contributed by atoms with E-state index in [-0.39, 0.29) is 19.1 Å². The first-order chi connectivity index (χ1) is 9.13. The van der Waals surface area contributed by atoms with E-state index in [0.29, 0.717) is 15.9 Å². The first-order valence-corrected chi connectivity index (χ1v) is 5.68. The summed E-state index contributed by atoms with van der Waals surface area (Å²) in [7, 11) is 0. The molecule has 0 amide bonds. The highest BCUT2D eigenvalue weighted by atomic mass is 16.5. The van der Waals surface area contributed by atoms with Gasteiger partial charge in [-0.1, -0.05) is 12.1 Å². The predicted molar refractivity (Wildman–Crippen MR) is 61.6 cm³/mol. The van der Waals surface area contributed by atoms with Crippen LogP contribution in [-0.2, 0) is 9.53 Å². The van der Waals surface area contributed by atoms with Crippen molar-refractivity contribution in [3.8, 4) is 0 Å². The summed E-state index contributed by atoms with van der Waals surface area (Å²) in [6, 6.07) is 6.58. The van der Waals surface area contributed by atoms with Crippen LogP contribution >= 0.6 is 0 Å². The number of carbonyl (C=O) groups excluding carboxylic acids is 1. The lowest BCUT2D eigenvalue weighted by Crippen LogP contribution is -2.47. The Kier molecular flexibility index (Phi) is 3.60. The Balaban J connectivity index is 2.29. The van der Waals surface area contributed by atoms with Crippen molar-refractivity contribution in [3.05, 3.63) is 24.3 Å². The number of benzene rings is 1. The summed E-state index contributed by atoms with van der Waals surface area (Å²) in [6.07, 6.45) is 0. The van der Waals surface area contributed by atoms with Gasteiger partial charge in [0.25, 0.3) is 5.10 Å². The van der Waals surface area contributed by atoms with Crippen molar-refractivity contribution < 1.29 is 29.5 Å². The molecule has 0 spiro atoms. The molecule has 0 aliphatic heterocycles. The Labute approximate surface area is 108 Å². The highest BCUT2D eigenvalue weighted by molar-refractivity contribution is 5.74. The first kappa shape index (κ1) is 12.8. The highest BCUT2D eigenvalue weighted by Gasteiger charge is 2.27. The summed E-state index contributed by atoms with van der Waals surface area (Å²) in [6.45, 7) is 1.80. The van der Waals surface area contributed by atoms with Gasteiger partial charge >= 0.3 is 17.4 Å². The molecule has 0 aliphatic carbocycles. The molecule has 0 atom stereocenters. The van der Waals surface area contributed by atoms with Crippen molar-refractivity contribution in [2.24, 2.45) is 0 Å². The molecule has 2 rings (SSSR count). The maximum atomic E-state index is 11.2. The average Bonchev–Trinajstić information content (AvgIpc) is 2.42. The summed E-state index contributed by atoms with van der Waals surface area (Å²) in [5, 5.41) is 25.9. The first-order valence-electron chi connectivity index (χ1n) is 5.68. The number of nitrogens with one attached hydrogen (secondary N) is 1. The van der Waals surface area contributed by atoms with Crippen molar-refractivity contribution in [3.63, 3.8) is 0 Å². The van der Waals surface area contributed by atoms with Gasteiger partial charge in [0.1, 0.15) is 0 Å². The quantitative estimate of drug-likeness (QED) is 0.383.